The van der Waals surface area contributed by atoms with Crippen molar-refractivity contribution in [2.75, 3.05) is 13.2 Å². The van der Waals surface area contributed by atoms with Gasteiger partial charge in [-0.2, -0.15) is 0 Å². The summed E-state index contributed by atoms with van der Waals surface area (Å²) >= 11 is 5.97. The molecule has 5 nitrogen and oxygen atoms in total. The molecule has 110 valence electrons. The first-order chi connectivity index (χ1) is 9.47. The predicted molar refractivity (Wildman–Crippen MR) is 75.2 cm³/mol. The fraction of sp³-hybridized carbons (Fsp3) is 0.538. The third-order valence-electron chi connectivity index (χ3n) is 3.89. The molecule has 20 heavy (non-hydrogen) atoms. The number of nitrogens with one attached hydrogen (secondary N) is 1. The summed E-state index contributed by atoms with van der Waals surface area (Å²) in [7, 11) is -3.62. The second kappa shape index (κ2) is 5.27. The van der Waals surface area contributed by atoms with Gasteiger partial charge in [-0.3, -0.25) is 0 Å². The minimum absolute atomic E-state index is 0.0334. The zero-order valence-corrected chi connectivity index (χ0v) is 12.3. The Hall–Kier alpha value is -0.660. The van der Waals surface area contributed by atoms with Gasteiger partial charge < -0.3 is 9.84 Å². The Bertz CT molecular complexity index is 619. The largest absolute Gasteiger partial charge is 0.389 e. The Morgan fingerprint density at radius 1 is 1.35 bits per heavy atom. The van der Waals surface area contributed by atoms with Crippen LogP contribution in [-0.4, -0.2) is 38.1 Å². The lowest BCUT2D eigenvalue weighted by molar-refractivity contribution is 0.127. The van der Waals surface area contributed by atoms with E-state index in [4.69, 9.17) is 16.3 Å². The van der Waals surface area contributed by atoms with Crippen LogP contribution in [0.1, 0.15) is 23.6 Å². The van der Waals surface area contributed by atoms with Crippen LogP contribution >= 0.6 is 11.6 Å². The summed E-state index contributed by atoms with van der Waals surface area (Å²) < 4.78 is 32.3. The lowest BCUT2D eigenvalue weighted by Gasteiger charge is -2.19. The molecular weight excluding hydrogens is 302 g/mol. The summed E-state index contributed by atoms with van der Waals surface area (Å²) in [4.78, 5) is 0. The molecule has 1 aromatic rings. The van der Waals surface area contributed by atoms with Gasteiger partial charge in [-0.25, -0.2) is 13.1 Å². The molecule has 3 atom stereocenters. The topological polar surface area (TPSA) is 75.6 Å². The van der Waals surface area contributed by atoms with E-state index in [0.29, 0.717) is 11.4 Å². The van der Waals surface area contributed by atoms with Crippen LogP contribution in [0.3, 0.4) is 0 Å². The van der Waals surface area contributed by atoms with Crippen molar-refractivity contribution in [3.05, 3.63) is 34.3 Å². The highest BCUT2D eigenvalue weighted by Gasteiger charge is 2.39. The normalized spacial score (nSPS) is 29.6. The van der Waals surface area contributed by atoms with Crippen LogP contribution in [-0.2, 0) is 21.2 Å². The van der Waals surface area contributed by atoms with Crippen LogP contribution < -0.4 is 4.72 Å². The van der Waals surface area contributed by atoms with Gasteiger partial charge in [-0.05, 0) is 36.1 Å². The van der Waals surface area contributed by atoms with E-state index in [1.54, 1.807) is 6.07 Å². The van der Waals surface area contributed by atoms with E-state index in [-0.39, 0.29) is 19.3 Å². The van der Waals surface area contributed by atoms with Crippen molar-refractivity contribution in [2.45, 2.75) is 30.2 Å². The van der Waals surface area contributed by atoms with Crippen molar-refractivity contribution < 1.29 is 18.3 Å². The quantitative estimate of drug-likeness (QED) is 0.872. The number of aliphatic hydroxyl groups is 1. The van der Waals surface area contributed by atoms with E-state index < -0.39 is 21.4 Å². The van der Waals surface area contributed by atoms with Crippen molar-refractivity contribution >= 4 is 21.6 Å². The molecule has 1 aliphatic carbocycles. The van der Waals surface area contributed by atoms with Crippen molar-refractivity contribution in [1.29, 1.82) is 0 Å². The molecule has 1 saturated heterocycles. The summed E-state index contributed by atoms with van der Waals surface area (Å²) in [6.07, 6.45) is 0.565. The number of halogens is 1. The third kappa shape index (κ3) is 2.58. The number of sulfonamides is 1. The van der Waals surface area contributed by atoms with Gasteiger partial charge in [-0.1, -0.05) is 17.7 Å². The van der Waals surface area contributed by atoms with Crippen LogP contribution in [0.5, 0.6) is 0 Å². The Balaban J connectivity index is 1.81. The van der Waals surface area contributed by atoms with Crippen LogP contribution in [0.15, 0.2) is 18.2 Å². The van der Waals surface area contributed by atoms with Gasteiger partial charge in [0.05, 0.1) is 19.3 Å². The highest BCUT2D eigenvalue weighted by atomic mass is 35.5. The highest BCUT2D eigenvalue weighted by Crippen LogP contribution is 2.34. The van der Waals surface area contributed by atoms with Gasteiger partial charge in [0.1, 0.15) is 5.25 Å². The molecule has 1 fully saturated rings. The lowest BCUT2D eigenvalue weighted by Crippen LogP contribution is -2.42. The maximum absolute atomic E-state index is 12.3. The van der Waals surface area contributed by atoms with E-state index in [0.717, 1.165) is 17.5 Å². The average molecular weight is 318 g/mol. The number of fused-ring (bicyclic) bond motifs is 1. The molecule has 0 bridgehead atoms. The number of hydrogen-bond donors (Lipinski definition) is 2. The summed E-state index contributed by atoms with van der Waals surface area (Å²) in [5.74, 6) is 0. The van der Waals surface area contributed by atoms with Gasteiger partial charge >= 0.3 is 0 Å². The second-order valence-electron chi connectivity index (χ2n) is 5.24. The van der Waals surface area contributed by atoms with Gasteiger partial charge in [0.15, 0.2) is 0 Å². The fourth-order valence-corrected chi connectivity index (χ4v) is 4.57. The van der Waals surface area contributed by atoms with Crippen molar-refractivity contribution in [1.82, 2.24) is 4.72 Å². The van der Waals surface area contributed by atoms with Crippen molar-refractivity contribution in [3.63, 3.8) is 0 Å². The highest BCUT2D eigenvalue weighted by molar-refractivity contribution is 7.90. The molecule has 0 saturated carbocycles. The molecule has 0 aromatic heterocycles. The average Bonchev–Trinajstić information content (AvgIpc) is 2.96. The molecule has 0 radical (unpaired) electrons. The summed E-state index contributed by atoms with van der Waals surface area (Å²) in [6, 6.07) is 5.27. The van der Waals surface area contributed by atoms with E-state index in [2.05, 4.69) is 4.72 Å². The van der Waals surface area contributed by atoms with Crippen LogP contribution in [0.2, 0.25) is 5.02 Å². The molecule has 0 spiro atoms. The number of ether oxygens (including phenoxy) is 1. The monoisotopic (exact) mass is 317 g/mol. The smallest absolute Gasteiger partial charge is 0.219 e. The van der Waals surface area contributed by atoms with Crippen molar-refractivity contribution in [2.24, 2.45) is 0 Å². The van der Waals surface area contributed by atoms with Crippen LogP contribution in [0, 0.1) is 0 Å². The SMILES string of the molecule is O=S(=O)(NC1CCc2ccc(Cl)cc21)C1COCC1O. The Labute approximate surface area is 122 Å². The Morgan fingerprint density at radius 3 is 2.85 bits per heavy atom. The zero-order valence-electron chi connectivity index (χ0n) is 10.8. The maximum Gasteiger partial charge on any atom is 0.219 e. The molecule has 2 aliphatic rings. The maximum atomic E-state index is 12.3. The number of hydrogen-bond acceptors (Lipinski definition) is 4. The van der Waals surface area contributed by atoms with E-state index in [9.17, 15) is 13.5 Å². The minimum Gasteiger partial charge on any atom is -0.389 e. The Morgan fingerprint density at radius 2 is 2.15 bits per heavy atom. The number of rotatable bonds is 3. The van der Waals surface area contributed by atoms with E-state index >= 15 is 0 Å². The number of benzene rings is 1. The molecule has 3 unspecified atom stereocenters. The first kappa shape index (κ1) is 14.3. The van der Waals surface area contributed by atoms with Crippen LogP contribution in [0.25, 0.3) is 0 Å². The van der Waals surface area contributed by atoms with E-state index in [1.165, 1.54) is 0 Å². The van der Waals surface area contributed by atoms with Gasteiger partial charge in [0.25, 0.3) is 0 Å². The second-order valence-corrected chi connectivity index (χ2v) is 7.61. The molecule has 1 aromatic carbocycles. The van der Waals surface area contributed by atoms with Gasteiger partial charge in [0.2, 0.25) is 10.0 Å². The fourth-order valence-electron chi connectivity index (χ4n) is 2.80. The molecule has 1 heterocycles. The minimum atomic E-state index is -3.62. The Kier molecular flexibility index (Phi) is 3.77. The van der Waals surface area contributed by atoms with E-state index in [1.807, 2.05) is 12.1 Å². The number of aliphatic hydroxyl groups excluding tert-OH is 1. The first-order valence-corrected chi connectivity index (χ1v) is 8.45. The predicted octanol–water partition coefficient (Wildman–Crippen LogP) is 1.01. The molecule has 0 amide bonds. The summed E-state index contributed by atoms with van der Waals surface area (Å²) in [5, 5.41) is 9.37. The zero-order chi connectivity index (χ0) is 14.3. The molecule has 1 aliphatic heterocycles. The van der Waals surface area contributed by atoms with Crippen molar-refractivity contribution in [3.8, 4) is 0 Å². The van der Waals surface area contributed by atoms with Crippen LogP contribution in [0.4, 0.5) is 0 Å². The standard InChI is InChI=1S/C13H16ClNO4S/c14-9-3-1-8-2-4-11(10(8)5-9)15-20(17,18)13-7-19-6-12(13)16/h1,3,5,11-13,15-16H,2,4,6-7H2. The molecule has 3 rings (SSSR count). The van der Waals surface area contributed by atoms with Gasteiger partial charge in [-0.15, -0.1) is 0 Å². The summed E-state index contributed by atoms with van der Waals surface area (Å²) in [5.41, 5.74) is 2.04. The molecule has 7 heteroatoms. The lowest BCUT2D eigenvalue weighted by atomic mass is 10.1. The van der Waals surface area contributed by atoms with Gasteiger partial charge in [0, 0.05) is 11.1 Å². The number of aryl methyl sites for hydroxylation is 1. The third-order valence-corrected chi connectivity index (χ3v) is 5.99. The molecule has 2 N–H and O–H groups in total. The summed E-state index contributed by atoms with van der Waals surface area (Å²) in [6.45, 7) is 0.101. The molecular formula is C13H16ClNO4S. The first-order valence-electron chi connectivity index (χ1n) is 6.52.